The minimum absolute atomic E-state index is 0.114. The van der Waals surface area contributed by atoms with Crippen LogP contribution in [0.25, 0.3) is 0 Å². The molecule has 0 saturated heterocycles. The lowest BCUT2D eigenvalue weighted by molar-refractivity contribution is -0.144. The third kappa shape index (κ3) is 6.71. The number of carbonyl (C=O) groups excluding carboxylic acids is 1. The normalized spacial score (nSPS) is 11.2. The first-order valence-corrected chi connectivity index (χ1v) is 9.86. The van der Waals surface area contributed by atoms with E-state index < -0.39 is 0 Å². The van der Waals surface area contributed by atoms with E-state index in [9.17, 15) is 4.79 Å². The predicted octanol–water partition coefficient (Wildman–Crippen LogP) is 3.95. The van der Waals surface area contributed by atoms with Crippen molar-refractivity contribution in [3.8, 4) is 5.75 Å². The van der Waals surface area contributed by atoms with Crippen molar-refractivity contribution >= 4 is 17.7 Å². The molecule has 2 aromatic rings. The highest BCUT2D eigenvalue weighted by molar-refractivity contribution is 7.99. The summed E-state index contributed by atoms with van der Waals surface area (Å²) in [7, 11) is 0. The smallest absolute Gasteiger partial charge is 0.316 e. The number of hydrogen-bond acceptors (Lipinski definition) is 6. The van der Waals surface area contributed by atoms with Gasteiger partial charge in [-0.05, 0) is 38.3 Å². The van der Waals surface area contributed by atoms with Crippen LogP contribution in [0.15, 0.2) is 35.5 Å². The topological polar surface area (TPSA) is 66.2 Å². The van der Waals surface area contributed by atoms with Crippen LogP contribution >= 0.6 is 11.8 Å². The summed E-state index contributed by atoms with van der Waals surface area (Å²) in [6.07, 6.45) is 0.886. The average Bonchev–Trinajstić information content (AvgIpc) is 2.98. The second-order valence-corrected chi connectivity index (χ2v) is 7.60. The molecular formula is C19H27N3O3S. The van der Waals surface area contributed by atoms with Crippen LogP contribution in [0, 0.1) is 5.92 Å². The summed E-state index contributed by atoms with van der Waals surface area (Å²) in [6, 6.07) is 9.63. The van der Waals surface area contributed by atoms with Crippen molar-refractivity contribution in [3.63, 3.8) is 0 Å². The van der Waals surface area contributed by atoms with Crippen LogP contribution in [0.1, 0.15) is 39.9 Å². The summed E-state index contributed by atoms with van der Waals surface area (Å²) < 4.78 is 13.0. The Morgan fingerprint density at radius 3 is 2.54 bits per heavy atom. The lowest BCUT2D eigenvalue weighted by Gasteiger charge is -2.12. The van der Waals surface area contributed by atoms with E-state index in [1.807, 2.05) is 48.7 Å². The van der Waals surface area contributed by atoms with Gasteiger partial charge < -0.3 is 14.0 Å². The zero-order valence-corrected chi connectivity index (χ0v) is 16.7. The molecule has 2 rings (SSSR count). The van der Waals surface area contributed by atoms with Crippen LogP contribution in [0.3, 0.4) is 0 Å². The first-order chi connectivity index (χ1) is 12.5. The Morgan fingerprint density at radius 2 is 1.88 bits per heavy atom. The van der Waals surface area contributed by atoms with Crippen LogP contribution in [0.2, 0.25) is 0 Å². The van der Waals surface area contributed by atoms with E-state index in [-0.39, 0.29) is 17.8 Å². The van der Waals surface area contributed by atoms with E-state index in [0.717, 1.165) is 29.7 Å². The SMILES string of the molecule is CC(C)CCn1c(COc2ccccc2)nnc1SCC(=O)OC(C)C. The molecule has 6 nitrogen and oxygen atoms in total. The van der Waals surface area contributed by atoms with Gasteiger partial charge in [0.1, 0.15) is 12.4 Å². The van der Waals surface area contributed by atoms with Gasteiger partial charge in [0.25, 0.3) is 0 Å². The number of aromatic nitrogens is 3. The van der Waals surface area contributed by atoms with Crippen molar-refractivity contribution in [2.45, 2.75) is 58.5 Å². The van der Waals surface area contributed by atoms with Crippen molar-refractivity contribution in [1.29, 1.82) is 0 Å². The van der Waals surface area contributed by atoms with Crippen LogP contribution < -0.4 is 4.74 Å². The fraction of sp³-hybridized carbons (Fsp3) is 0.526. The van der Waals surface area contributed by atoms with E-state index >= 15 is 0 Å². The second-order valence-electron chi connectivity index (χ2n) is 6.66. The van der Waals surface area contributed by atoms with Crippen molar-refractivity contribution in [3.05, 3.63) is 36.2 Å². The number of thioether (sulfide) groups is 1. The molecule has 0 radical (unpaired) electrons. The number of rotatable bonds is 10. The maximum atomic E-state index is 11.8. The standard InChI is InChI=1S/C19H27N3O3S/c1-14(2)10-11-22-17(12-24-16-8-6-5-7-9-16)20-21-19(22)26-13-18(23)25-15(3)4/h5-9,14-15H,10-13H2,1-4H3. The van der Waals surface area contributed by atoms with Gasteiger partial charge in [0, 0.05) is 6.54 Å². The largest absolute Gasteiger partial charge is 0.486 e. The highest BCUT2D eigenvalue weighted by atomic mass is 32.2. The van der Waals surface area contributed by atoms with Gasteiger partial charge in [-0.3, -0.25) is 4.79 Å². The fourth-order valence-electron chi connectivity index (χ4n) is 2.23. The molecule has 0 aliphatic rings. The average molecular weight is 378 g/mol. The van der Waals surface area contributed by atoms with Crippen molar-refractivity contribution in [1.82, 2.24) is 14.8 Å². The summed E-state index contributed by atoms with van der Waals surface area (Å²) in [6.45, 7) is 9.17. The fourth-order valence-corrected chi connectivity index (χ4v) is 3.00. The van der Waals surface area contributed by atoms with Gasteiger partial charge in [0.05, 0.1) is 11.9 Å². The quantitative estimate of drug-likeness (QED) is 0.461. The maximum absolute atomic E-state index is 11.8. The Hall–Kier alpha value is -2.02. The molecule has 0 bridgehead atoms. The molecule has 0 fully saturated rings. The van der Waals surface area contributed by atoms with Gasteiger partial charge in [-0.1, -0.05) is 43.8 Å². The molecule has 7 heteroatoms. The Labute approximate surface area is 159 Å². The molecule has 142 valence electrons. The molecule has 1 aromatic heterocycles. The number of nitrogens with zero attached hydrogens (tertiary/aromatic N) is 3. The minimum atomic E-state index is -0.245. The number of hydrogen-bond donors (Lipinski definition) is 0. The number of ether oxygens (including phenoxy) is 2. The minimum Gasteiger partial charge on any atom is -0.486 e. The van der Waals surface area contributed by atoms with Crippen molar-refractivity contribution in [2.75, 3.05) is 5.75 Å². The van der Waals surface area contributed by atoms with Gasteiger partial charge in [-0.25, -0.2) is 0 Å². The molecule has 26 heavy (non-hydrogen) atoms. The first kappa shape index (κ1) is 20.3. The Balaban J connectivity index is 2.04. The number of benzene rings is 1. The van der Waals surface area contributed by atoms with E-state index in [1.165, 1.54) is 11.8 Å². The zero-order chi connectivity index (χ0) is 18.9. The molecule has 0 aliphatic heterocycles. The van der Waals surface area contributed by atoms with Gasteiger partial charge in [0.2, 0.25) is 0 Å². The Morgan fingerprint density at radius 1 is 1.15 bits per heavy atom. The third-order valence-electron chi connectivity index (χ3n) is 3.52. The van der Waals surface area contributed by atoms with E-state index in [2.05, 4.69) is 24.0 Å². The van der Waals surface area contributed by atoms with E-state index in [4.69, 9.17) is 9.47 Å². The predicted molar refractivity (Wildman–Crippen MR) is 102 cm³/mol. The van der Waals surface area contributed by atoms with Crippen LogP contribution in [-0.2, 0) is 22.7 Å². The molecule has 0 N–H and O–H groups in total. The lowest BCUT2D eigenvalue weighted by Crippen LogP contribution is -2.14. The number of carbonyl (C=O) groups is 1. The molecule has 0 spiro atoms. The summed E-state index contributed by atoms with van der Waals surface area (Å²) in [5.41, 5.74) is 0. The number of para-hydroxylation sites is 1. The first-order valence-electron chi connectivity index (χ1n) is 8.88. The highest BCUT2D eigenvalue weighted by Crippen LogP contribution is 2.20. The monoisotopic (exact) mass is 377 g/mol. The molecule has 0 amide bonds. The maximum Gasteiger partial charge on any atom is 0.316 e. The van der Waals surface area contributed by atoms with Crippen LogP contribution in [0.5, 0.6) is 5.75 Å². The molecule has 0 atom stereocenters. The molecule has 0 aliphatic carbocycles. The Bertz CT molecular complexity index is 687. The zero-order valence-electron chi connectivity index (χ0n) is 15.8. The Kier molecular flexibility index (Phi) is 7.97. The van der Waals surface area contributed by atoms with Crippen LogP contribution in [-0.4, -0.2) is 32.6 Å². The molecule has 1 heterocycles. The summed E-state index contributed by atoms with van der Waals surface area (Å²) in [5, 5.41) is 9.23. The van der Waals surface area contributed by atoms with Gasteiger partial charge >= 0.3 is 5.97 Å². The second kappa shape index (κ2) is 10.2. The molecule has 0 saturated carbocycles. The highest BCUT2D eigenvalue weighted by Gasteiger charge is 2.16. The van der Waals surface area contributed by atoms with Gasteiger partial charge in [-0.15, -0.1) is 10.2 Å². The third-order valence-corrected chi connectivity index (χ3v) is 4.46. The molecule has 0 unspecified atom stereocenters. The van der Waals surface area contributed by atoms with E-state index in [0.29, 0.717) is 12.5 Å². The lowest BCUT2D eigenvalue weighted by atomic mass is 10.1. The molecule has 1 aromatic carbocycles. The van der Waals surface area contributed by atoms with Gasteiger partial charge in [-0.2, -0.15) is 0 Å². The van der Waals surface area contributed by atoms with Crippen molar-refractivity contribution < 1.29 is 14.3 Å². The summed E-state index contributed by atoms with van der Waals surface area (Å²) >= 11 is 1.35. The van der Waals surface area contributed by atoms with Gasteiger partial charge in [0.15, 0.2) is 11.0 Å². The summed E-state index contributed by atoms with van der Waals surface area (Å²) in [5.74, 6) is 2.08. The summed E-state index contributed by atoms with van der Waals surface area (Å²) in [4.78, 5) is 11.8. The van der Waals surface area contributed by atoms with E-state index in [1.54, 1.807) is 0 Å². The van der Waals surface area contributed by atoms with Crippen molar-refractivity contribution in [2.24, 2.45) is 5.92 Å². The number of esters is 1. The van der Waals surface area contributed by atoms with Crippen LogP contribution in [0.4, 0.5) is 0 Å². The molecular weight excluding hydrogens is 350 g/mol.